The second-order valence-electron chi connectivity index (χ2n) is 3.15. The first-order chi connectivity index (χ1) is 6.22. The van der Waals surface area contributed by atoms with E-state index in [2.05, 4.69) is 13.0 Å². The van der Waals surface area contributed by atoms with E-state index in [9.17, 15) is 4.79 Å². The van der Waals surface area contributed by atoms with Crippen molar-refractivity contribution in [3.63, 3.8) is 0 Å². The molecule has 1 atom stereocenters. The summed E-state index contributed by atoms with van der Waals surface area (Å²) in [5.74, 6) is -0.0393. The smallest absolute Gasteiger partial charge is 0.308 e. The van der Waals surface area contributed by atoms with E-state index in [4.69, 9.17) is 4.74 Å². The minimum atomic E-state index is -0.0765. The third kappa shape index (κ3) is 6.38. The third-order valence-electron chi connectivity index (χ3n) is 1.95. The highest BCUT2D eigenvalue weighted by molar-refractivity contribution is 5.71. The molecule has 76 valence electrons. The second kappa shape index (κ2) is 7.84. The predicted molar refractivity (Wildman–Crippen MR) is 54.5 cm³/mol. The molecule has 13 heavy (non-hydrogen) atoms. The van der Waals surface area contributed by atoms with Crippen molar-refractivity contribution in [2.24, 2.45) is 5.92 Å². The highest BCUT2D eigenvalue weighted by Crippen LogP contribution is 2.03. The normalized spacial score (nSPS) is 13.2. The third-order valence-corrected chi connectivity index (χ3v) is 1.95. The Labute approximate surface area is 81.0 Å². The van der Waals surface area contributed by atoms with Crippen LogP contribution in [0.1, 0.15) is 40.0 Å². The van der Waals surface area contributed by atoms with Gasteiger partial charge in [-0.05, 0) is 19.3 Å². The Morgan fingerprint density at radius 1 is 1.38 bits per heavy atom. The van der Waals surface area contributed by atoms with E-state index in [0.717, 1.165) is 19.3 Å². The second-order valence-corrected chi connectivity index (χ2v) is 3.15. The molecule has 0 unspecified atom stereocenters. The van der Waals surface area contributed by atoms with Crippen LogP contribution in [0.15, 0.2) is 12.2 Å². The van der Waals surface area contributed by atoms with Crippen LogP contribution in [0.2, 0.25) is 0 Å². The fraction of sp³-hybridized carbons (Fsp3) is 0.727. The molecule has 0 saturated carbocycles. The van der Waals surface area contributed by atoms with Crippen LogP contribution < -0.4 is 0 Å². The fourth-order valence-corrected chi connectivity index (χ4v) is 0.821. The van der Waals surface area contributed by atoms with Crippen molar-refractivity contribution in [3.8, 4) is 0 Å². The minimum Gasteiger partial charge on any atom is -0.465 e. The molecular weight excluding hydrogens is 164 g/mol. The van der Waals surface area contributed by atoms with E-state index in [1.807, 2.05) is 19.9 Å². The Kier molecular flexibility index (Phi) is 7.36. The summed E-state index contributed by atoms with van der Waals surface area (Å²) >= 11 is 0. The van der Waals surface area contributed by atoms with Gasteiger partial charge in [-0.25, -0.2) is 0 Å². The summed E-state index contributed by atoms with van der Waals surface area (Å²) in [5.41, 5.74) is 0. The molecule has 0 spiro atoms. The fourth-order valence-electron chi connectivity index (χ4n) is 0.821. The SMILES string of the molecule is CC/C=C\CCOC(=O)[C@H](C)CC. The van der Waals surface area contributed by atoms with Gasteiger partial charge in [-0.2, -0.15) is 0 Å². The van der Waals surface area contributed by atoms with Gasteiger partial charge in [0, 0.05) is 0 Å². The van der Waals surface area contributed by atoms with Crippen molar-refractivity contribution < 1.29 is 9.53 Å². The zero-order valence-electron chi connectivity index (χ0n) is 8.88. The zero-order valence-corrected chi connectivity index (χ0v) is 8.88. The number of hydrogen-bond acceptors (Lipinski definition) is 2. The number of ether oxygens (including phenoxy) is 1. The number of esters is 1. The van der Waals surface area contributed by atoms with E-state index in [0.29, 0.717) is 6.61 Å². The molecule has 0 amide bonds. The minimum absolute atomic E-state index is 0.0372. The quantitative estimate of drug-likeness (QED) is 0.360. The Hall–Kier alpha value is -0.790. The van der Waals surface area contributed by atoms with E-state index in [1.54, 1.807) is 0 Å². The van der Waals surface area contributed by atoms with Crippen LogP contribution in [0, 0.1) is 5.92 Å². The maximum atomic E-state index is 11.2. The van der Waals surface area contributed by atoms with Crippen LogP contribution in [0.5, 0.6) is 0 Å². The average Bonchev–Trinajstić information content (AvgIpc) is 2.16. The summed E-state index contributed by atoms with van der Waals surface area (Å²) in [4.78, 5) is 11.2. The van der Waals surface area contributed by atoms with Crippen LogP contribution in [-0.2, 0) is 9.53 Å². The van der Waals surface area contributed by atoms with Crippen LogP contribution in [0.25, 0.3) is 0 Å². The number of carbonyl (C=O) groups excluding carboxylic acids is 1. The Morgan fingerprint density at radius 2 is 2.08 bits per heavy atom. The lowest BCUT2D eigenvalue weighted by atomic mass is 10.1. The maximum Gasteiger partial charge on any atom is 0.308 e. The molecule has 0 heterocycles. The summed E-state index contributed by atoms with van der Waals surface area (Å²) < 4.78 is 5.05. The van der Waals surface area contributed by atoms with Crippen molar-refractivity contribution in [2.45, 2.75) is 40.0 Å². The van der Waals surface area contributed by atoms with Gasteiger partial charge >= 0.3 is 5.97 Å². The first-order valence-corrected chi connectivity index (χ1v) is 5.04. The molecule has 2 nitrogen and oxygen atoms in total. The van der Waals surface area contributed by atoms with Crippen LogP contribution in [0.3, 0.4) is 0 Å². The van der Waals surface area contributed by atoms with Crippen molar-refractivity contribution in [1.29, 1.82) is 0 Å². The summed E-state index contributed by atoms with van der Waals surface area (Å²) in [5, 5.41) is 0. The first kappa shape index (κ1) is 12.2. The summed E-state index contributed by atoms with van der Waals surface area (Å²) in [6.45, 7) is 6.48. The lowest BCUT2D eigenvalue weighted by molar-refractivity contribution is -0.147. The van der Waals surface area contributed by atoms with Crippen molar-refractivity contribution in [1.82, 2.24) is 0 Å². The summed E-state index contributed by atoms with van der Waals surface area (Å²) in [6.07, 6.45) is 6.85. The average molecular weight is 184 g/mol. The van der Waals surface area contributed by atoms with E-state index >= 15 is 0 Å². The van der Waals surface area contributed by atoms with E-state index in [1.165, 1.54) is 0 Å². The molecule has 0 rings (SSSR count). The number of rotatable bonds is 6. The van der Waals surface area contributed by atoms with Crippen molar-refractivity contribution in [3.05, 3.63) is 12.2 Å². The molecule has 0 aliphatic carbocycles. The largest absolute Gasteiger partial charge is 0.465 e. The Morgan fingerprint density at radius 3 is 2.62 bits per heavy atom. The Balaban J connectivity index is 3.42. The summed E-state index contributed by atoms with van der Waals surface area (Å²) in [7, 11) is 0. The molecule has 0 radical (unpaired) electrons. The number of allylic oxidation sites excluding steroid dienone is 1. The van der Waals surface area contributed by atoms with Crippen molar-refractivity contribution >= 4 is 5.97 Å². The van der Waals surface area contributed by atoms with Crippen LogP contribution in [0.4, 0.5) is 0 Å². The van der Waals surface area contributed by atoms with Gasteiger partial charge in [0.1, 0.15) is 0 Å². The number of hydrogen-bond donors (Lipinski definition) is 0. The van der Waals surface area contributed by atoms with Gasteiger partial charge < -0.3 is 4.74 Å². The summed E-state index contributed by atoms with van der Waals surface area (Å²) in [6, 6.07) is 0. The van der Waals surface area contributed by atoms with Crippen molar-refractivity contribution in [2.75, 3.05) is 6.61 Å². The molecule has 0 aromatic rings. The van der Waals surface area contributed by atoms with E-state index < -0.39 is 0 Å². The van der Waals surface area contributed by atoms with Crippen LogP contribution in [-0.4, -0.2) is 12.6 Å². The standard InChI is InChI=1S/C11H20O2/c1-4-6-7-8-9-13-11(12)10(3)5-2/h6-7,10H,4-5,8-9H2,1-3H3/b7-6-/t10-/m1/s1. The lowest BCUT2D eigenvalue weighted by Crippen LogP contribution is -2.14. The lowest BCUT2D eigenvalue weighted by Gasteiger charge is -2.07. The number of carbonyl (C=O) groups is 1. The predicted octanol–water partition coefficient (Wildman–Crippen LogP) is 2.93. The molecule has 0 bridgehead atoms. The molecule has 0 aliphatic rings. The molecule has 0 aromatic heterocycles. The van der Waals surface area contributed by atoms with Gasteiger partial charge in [-0.1, -0.05) is 32.9 Å². The van der Waals surface area contributed by atoms with Gasteiger partial charge in [0.2, 0.25) is 0 Å². The molecule has 0 saturated heterocycles. The van der Waals surface area contributed by atoms with Crippen LogP contribution >= 0.6 is 0 Å². The molecular formula is C11H20O2. The van der Waals surface area contributed by atoms with Gasteiger partial charge in [-0.3, -0.25) is 4.79 Å². The zero-order chi connectivity index (χ0) is 10.1. The highest BCUT2D eigenvalue weighted by atomic mass is 16.5. The van der Waals surface area contributed by atoms with Gasteiger partial charge in [-0.15, -0.1) is 0 Å². The Bertz CT molecular complexity index is 161. The molecule has 2 heteroatoms. The molecule has 0 fully saturated rings. The van der Waals surface area contributed by atoms with Gasteiger partial charge in [0.05, 0.1) is 12.5 Å². The molecule has 0 aromatic carbocycles. The highest BCUT2D eigenvalue weighted by Gasteiger charge is 2.10. The first-order valence-electron chi connectivity index (χ1n) is 5.04. The monoisotopic (exact) mass is 184 g/mol. The topological polar surface area (TPSA) is 26.3 Å². The van der Waals surface area contributed by atoms with Gasteiger partial charge in [0.25, 0.3) is 0 Å². The van der Waals surface area contributed by atoms with E-state index in [-0.39, 0.29) is 11.9 Å². The maximum absolute atomic E-state index is 11.2. The molecule has 0 N–H and O–H groups in total. The van der Waals surface area contributed by atoms with Gasteiger partial charge in [0.15, 0.2) is 0 Å². The molecule has 0 aliphatic heterocycles.